The van der Waals surface area contributed by atoms with Crippen LogP contribution in [0.3, 0.4) is 0 Å². The van der Waals surface area contributed by atoms with Crippen LogP contribution in [0.2, 0.25) is 0 Å². The number of aliphatic hydroxyl groups excluding tert-OH is 2. The zero-order valence-corrected chi connectivity index (χ0v) is 23.2. The summed E-state index contributed by atoms with van der Waals surface area (Å²) < 4.78 is 29.2. The lowest BCUT2D eigenvalue weighted by Gasteiger charge is -2.20. The van der Waals surface area contributed by atoms with Crippen LogP contribution in [-0.4, -0.2) is 86.0 Å². The van der Waals surface area contributed by atoms with E-state index in [0.717, 1.165) is 0 Å². The van der Waals surface area contributed by atoms with Crippen molar-refractivity contribution in [2.75, 3.05) is 38.6 Å². The highest BCUT2D eigenvalue weighted by atomic mass is 31.2. The van der Waals surface area contributed by atoms with Crippen molar-refractivity contribution in [3.8, 4) is 0 Å². The van der Waals surface area contributed by atoms with Gasteiger partial charge in [0, 0.05) is 38.4 Å². The number of nitrogen functional groups attached to an aromatic ring is 2. The van der Waals surface area contributed by atoms with Gasteiger partial charge in [-0.15, -0.1) is 0 Å². The van der Waals surface area contributed by atoms with Gasteiger partial charge in [0.15, 0.2) is 18.7 Å². The summed E-state index contributed by atoms with van der Waals surface area (Å²) in [6, 6.07) is 2.99. The van der Waals surface area contributed by atoms with Crippen LogP contribution in [0.15, 0.2) is 34.1 Å². The van der Waals surface area contributed by atoms with Crippen molar-refractivity contribution >= 4 is 20.0 Å². The fourth-order valence-corrected chi connectivity index (χ4v) is 4.62. The third kappa shape index (κ3) is 7.19. The van der Waals surface area contributed by atoms with Gasteiger partial charge in [-0.25, -0.2) is 9.59 Å². The molecule has 224 valence electrons. The first-order valence-corrected chi connectivity index (χ1v) is 13.5. The molecule has 2 aliphatic heterocycles. The zero-order chi connectivity index (χ0) is 29.6. The minimum Gasteiger partial charge on any atom is -0.394 e. The number of nitrogens with two attached hydrogens (primary N) is 2. The fourth-order valence-electron chi connectivity index (χ4n) is 4.39. The molecule has 0 aromatic carbocycles. The second kappa shape index (κ2) is 14.4. The number of ether oxygens (including phenoxy) is 4. The van der Waals surface area contributed by atoms with Crippen LogP contribution in [0.25, 0.3) is 0 Å². The zero-order valence-electron chi connectivity index (χ0n) is 22.3. The number of aliphatic hydroxyl groups is 2. The fraction of sp³-hybridized carbons (Fsp3) is 0.636. The first-order chi connectivity index (χ1) is 19.1. The summed E-state index contributed by atoms with van der Waals surface area (Å²) in [6.07, 6.45) is -1.03. The van der Waals surface area contributed by atoms with E-state index < -0.39 is 51.0 Å². The molecule has 0 spiro atoms. The Morgan fingerprint density at radius 3 is 1.88 bits per heavy atom. The van der Waals surface area contributed by atoms with Crippen molar-refractivity contribution in [3.63, 3.8) is 0 Å². The SMILES string of the molecule is CO[C@H]1C(C)[C@@H](CO)O[C@H]1n1ccc(N)nc1=O.CO[C@H]1C(C)[C@@H](OOP(O)CO)O[C@H]1n1ccc(N)nc1=O. The van der Waals surface area contributed by atoms with Gasteiger partial charge >= 0.3 is 11.4 Å². The summed E-state index contributed by atoms with van der Waals surface area (Å²) in [7, 11) is 0.928. The van der Waals surface area contributed by atoms with Crippen LogP contribution < -0.4 is 22.8 Å². The highest BCUT2D eigenvalue weighted by Gasteiger charge is 2.46. The number of hydrogen-bond acceptors (Lipinski definition) is 15. The molecular weight excluding hydrogens is 555 g/mol. The molecule has 0 amide bonds. The normalized spacial score (nSPS) is 30.6. The lowest BCUT2D eigenvalue weighted by Crippen LogP contribution is -2.34. The molecule has 0 aliphatic carbocycles. The van der Waals surface area contributed by atoms with Gasteiger partial charge in [-0.1, -0.05) is 13.8 Å². The third-order valence-corrected chi connectivity index (χ3v) is 7.02. The molecule has 0 saturated carbocycles. The van der Waals surface area contributed by atoms with E-state index in [2.05, 4.69) is 14.6 Å². The first-order valence-electron chi connectivity index (χ1n) is 12.1. The number of nitrogens with zero attached hydrogens (tertiary/aromatic N) is 4. The molecule has 2 fully saturated rings. The molecule has 2 aromatic heterocycles. The lowest BCUT2D eigenvalue weighted by molar-refractivity contribution is -0.326. The Morgan fingerprint density at radius 2 is 1.43 bits per heavy atom. The molecule has 7 N–H and O–H groups in total. The van der Waals surface area contributed by atoms with Crippen molar-refractivity contribution in [2.45, 2.75) is 50.9 Å². The van der Waals surface area contributed by atoms with E-state index in [1.807, 2.05) is 6.92 Å². The minimum absolute atomic E-state index is 0.0190. The van der Waals surface area contributed by atoms with Gasteiger partial charge < -0.3 is 45.5 Å². The number of hydrogen-bond donors (Lipinski definition) is 5. The quantitative estimate of drug-likeness (QED) is 0.132. The molecule has 4 heterocycles. The van der Waals surface area contributed by atoms with E-state index >= 15 is 0 Å². The van der Waals surface area contributed by atoms with Gasteiger partial charge in [-0.2, -0.15) is 19.5 Å². The first kappa shape index (κ1) is 32.0. The van der Waals surface area contributed by atoms with E-state index in [-0.39, 0.29) is 42.3 Å². The van der Waals surface area contributed by atoms with Gasteiger partial charge in [-0.3, -0.25) is 9.13 Å². The van der Waals surface area contributed by atoms with Crippen LogP contribution in [0.1, 0.15) is 26.3 Å². The molecule has 2 saturated heterocycles. The molecule has 2 aromatic rings. The van der Waals surface area contributed by atoms with E-state index in [9.17, 15) is 19.6 Å². The van der Waals surface area contributed by atoms with Gasteiger partial charge in [0.05, 0.1) is 12.7 Å². The summed E-state index contributed by atoms with van der Waals surface area (Å²) in [6.45, 7) is 3.57. The molecule has 3 unspecified atom stereocenters. The van der Waals surface area contributed by atoms with Gasteiger partial charge in [-0.05, 0) is 12.1 Å². The molecule has 0 radical (unpaired) electrons. The van der Waals surface area contributed by atoms with Crippen molar-refractivity contribution in [1.82, 2.24) is 19.1 Å². The highest BCUT2D eigenvalue weighted by molar-refractivity contribution is 7.45. The van der Waals surface area contributed by atoms with Gasteiger partial charge in [0.25, 0.3) is 0 Å². The molecule has 9 atom stereocenters. The summed E-state index contributed by atoms with van der Waals surface area (Å²) >= 11 is 0. The number of methoxy groups -OCH3 is 2. The summed E-state index contributed by atoms with van der Waals surface area (Å²) in [5, 5.41) is 17.9. The van der Waals surface area contributed by atoms with E-state index in [1.165, 1.54) is 40.8 Å². The predicted octanol–water partition coefficient (Wildman–Crippen LogP) is -1.10. The lowest BCUT2D eigenvalue weighted by atomic mass is 10.0. The van der Waals surface area contributed by atoms with Crippen molar-refractivity contribution in [2.24, 2.45) is 11.8 Å². The average molecular weight is 591 g/mol. The maximum absolute atomic E-state index is 11.9. The van der Waals surface area contributed by atoms with Crippen molar-refractivity contribution < 1.29 is 43.6 Å². The van der Waals surface area contributed by atoms with E-state index in [0.29, 0.717) is 0 Å². The van der Waals surface area contributed by atoms with Crippen LogP contribution in [0, 0.1) is 11.8 Å². The van der Waals surface area contributed by atoms with E-state index in [1.54, 1.807) is 14.0 Å². The Kier molecular flexibility index (Phi) is 11.5. The Hall–Kier alpha value is -2.57. The minimum atomic E-state index is -2.10. The maximum Gasteiger partial charge on any atom is 0.351 e. The summed E-state index contributed by atoms with van der Waals surface area (Å²) in [4.78, 5) is 45.1. The predicted molar refractivity (Wildman–Crippen MR) is 139 cm³/mol. The van der Waals surface area contributed by atoms with Crippen LogP contribution in [-0.2, 0) is 28.5 Å². The molecule has 2 aliphatic rings. The standard InChI is InChI=1S/C11H18N3O7P.C11H17N3O4/c1-6-8(18-2)9(14-4-3-7(12)13-11(14)16)19-10(6)20-21-22(17)5-15;1-6-7(5-15)18-10(9(6)17-2)14-4-3-8(12)13-11(14)16/h3-4,6,8-10,15,17H,5H2,1-2H3,(H2,12,13,16);3-4,6-7,9-10,15H,5H2,1-2H3,(H2,12,13,16)/t6?,8-,9+,10+,22?;6?,7-,9+,10-/m01/s1. The number of aromatic nitrogens is 4. The number of rotatable bonds is 9. The molecule has 0 bridgehead atoms. The third-order valence-electron chi connectivity index (χ3n) is 6.52. The molecule has 4 rings (SSSR count). The Labute approximate surface area is 230 Å². The summed E-state index contributed by atoms with van der Waals surface area (Å²) in [5.74, 6) is -0.0581. The average Bonchev–Trinajstić information content (AvgIpc) is 3.42. The van der Waals surface area contributed by atoms with Crippen LogP contribution in [0.5, 0.6) is 0 Å². The second-order valence-electron chi connectivity index (χ2n) is 9.01. The smallest absolute Gasteiger partial charge is 0.351 e. The Balaban J connectivity index is 0.000000225. The van der Waals surface area contributed by atoms with Crippen molar-refractivity contribution in [1.29, 1.82) is 0 Å². The topological polar surface area (TPSA) is 238 Å². The van der Waals surface area contributed by atoms with Gasteiger partial charge in [0.2, 0.25) is 8.38 Å². The van der Waals surface area contributed by atoms with Gasteiger partial charge in [0.1, 0.15) is 30.2 Å². The molecule has 40 heavy (non-hydrogen) atoms. The van der Waals surface area contributed by atoms with Crippen LogP contribution in [0.4, 0.5) is 11.6 Å². The Bertz CT molecular complexity index is 1220. The number of anilines is 2. The molecule has 17 nitrogen and oxygen atoms in total. The summed E-state index contributed by atoms with van der Waals surface area (Å²) in [5.41, 5.74) is 9.82. The monoisotopic (exact) mass is 590 g/mol. The Morgan fingerprint density at radius 1 is 0.925 bits per heavy atom. The largest absolute Gasteiger partial charge is 0.394 e. The highest BCUT2D eigenvalue weighted by Crippen LogP contribution is 2.39. The molecule has 18 heteroatoms. The maximum atomic E-state index is 11.9. The van der Waals surface area contributed by atoms with Crippen LogP contribution >= 0.6 is 8.38 Å². The second-order valence-corrected chi connectivity index (χ2v) is 10.1. The van der Waals surface area contributed by atoms with Crippen molar-refractivity contribution in [3.05, 3.63) is 45.5 Å². The van der Waals surface area contributed by atoms with E-state index in [4.69, 9.17) is 40.4 Å². The molecular formula is C22H35N6O11P.